The average Bonchev–Trinajstić information content (AvgIpc) is 2.84. The minimum absolute atomic E-state index is 0.113. The number of nitrogens with zero attached hydrogens (tertiary/aromatic N) is 1. The Kier molecular flexibility index (Phi) is 3.78. The van der Waals surface area contributed by atoms with Crippen molar-refractivity contribution < 1.29 is 19.8 Å². The molecule has 0 fully saturated rings. The third-order valence-electron chi connectivity index (χ3n) is 4.21. The van der Waals surface area contributed by atoms with Crippen molar-refractivity contribution in [1.82, 2.24) is 0 Å². The van der Waals surface area contributed by atoms with E-state index in [4.69, 9.17) is 0 Å². The number of anilines is 1. The molecule has 0 unspecified atom stereocenters. The molecule has 118 valence electrons. The number of aromatic hydroxyl groups is 1. The minimum Gasteiger partial charge on any atom is -0.508 e. The van der Waals surface area contributed by atoms with Gasteiger partial charge in [0.2, 0.25) is 0 Å². The Labute approximate surface area is 133 Å². The lowest BCUT2D eigenvalue weighted by Crippen LogP contribution is -2.23. The van der Waals surface area contributed by atoms with E-state index in [1.165, 1.54) is 6.07 Å². The standard InChI is InChI=1S/C18H17NO4/c1-2-15(18(22)23)11-3-5-13(6-4-11)19-10-12-9-14(20)7-8-16(12)17(19)21/h3-9,15,20H,2,10H2,1H3,(H,22,23)/t15-/m0/s1. The summed E-state index contributed by atoms with van der Waals surface area (Å²) in [5.74, 6) is -1.35. The van der Waals surface area contributed by atoms with E-state index in [9.17, 15) is 19.8 Å². The molecule has 1 aliphatic rings. The SMILES string of the molecule is CC[C@H](C(=O)O)c1ccc(N2Cc3cc(O)ccc3C2=O)cc1. The Morgan fingerprint density at radius 3 is 2.52 bits per heavy atom. The lowest BCUT2D eigenvalue weighted by Gasteiger charge is -2.17. The van der Waals surface area contributed by atoms with Gasteiger partial charge in [0.25, 0.3) is 5.91 Å². The van der Waals surface area contributed by atoms with E-state index in [2.05, 4.69) is 0 Å². The molecule has 0 spiro atoms. The summed E-state index contributed by atoms with van der Waals surface area (Å²) in [6.07, 6.45) is 0.516. The van der Waals surface area contributed by atoms with Gasteiger partial charge in [-0.1, -0.05) is 19.1 Å². The highest BCUT2D eigenvalue weighted by molar-refractivity contribution is 6.10. The van der Waals surface area contributed by atoms with Crippen molar-refractivity contribution in [2.75, 3.05) is 4.90 Å². The van der Waals surface area contributed by atoms with Crippen LogP contribution < -0.4 is 4.90 Å². The van der Waals surface area contributed by atoms with Gasteiger partial charge in [0.15, 0.2) is 0 Å². The second kappa shape index (κ2) is 5.76. The molecule has 0 radical (unpaired) electrons. The number of fused-ring (bicyclic) bond motifs is 1. The summed E-state index contributed by atoms with van der Waals surface area (Å²) in [5, 5.41) is 18.7. The van der Waals surface area contributed by atoms with Crippen LogP contribution in [0.2, 0.25) is 0 Å². The van der Waals surface area contributed by atoms with Crippen LogP contribution in [-0.2, 0) is 11.3 Å². The third kappa shape index (κ3) is 2.65. The van der Waals surface area contributed by atoms with E-state index in [1.807, 2.05) is 6.92 Å². The highest BCUT2D eigenvalue weighted by Crippen LogP contribution is 2.31. The zero-order chi connectivity index (χ0) is 16.6. The van der Waals surface area contributed by atoms with Crippen LogP contribution in [0.1, 0.15) is 40.7 Å². The second-order valence-electron chi connectivity index (χ2n) is 5.62. The molecule has 1 amide bonds. The topological polar surface area (TPSA) is 77.8 Å². The Morgan fingerprint density at radius 2 is 1.91 bits per heavy atom. The molecule has 0 bridgehead atoms. The number of aliphatic carboxylic acids is 1. The summed E-state index contributed by atoms with van der Waals surface area (Å²) in [7, 11) is 0. The molecular weight excluding hydrogens is 294 g/mol. The first-order valence-electron chi connectivity index (χ1n) is 7.47. The number of amides is 1. The van der Waals surface area contributed by atoms with Gasteiger partial charge in [-0.3, -0.25) is 9.59 Å². The van der Waals surface area contributed by atoms with Crippen LogP contribution in [0.3, 0.4) is 0 Å². The molecule has 1 atom stereocenters. The average molecular weight is 311 g/mol. The van der Waals surface area contributed by atoms with E-state index in [0.29, 0.717) is 18.5 Å². The van der Waals surface area contributed by atoms with Gasteiger partial charge >= 0.3 is 5.97 Å². The van der Waals surface area contributed by atoms with Crippen molar-refractivity contribution in [3.05, 3.63) is 59.2 Å². The summed E-state index contributed by atoms with van der Waals surface area (Å²) in [5.41, 5.74) is 2.82. The number of carboxylic acids is 1. The Balaban J connectivity index is 1.87. The minimum atomic E-state index is -0.847. The van der Waals surface area contributed by atoms with Crippen LogP contribution in [0.5, 0.6) is 5.75 Å². The monoisotopic (exact) mass is 311 g/mol. The van der Waals surface area contributed by atoms with Crippen molar-refractivity contribution in [2.45, 2.75) is 25.8 Å². The lowest BCUT2D eigenvalue weighted by molar-refractivity contribution is -0.138. The molecule has 3 rings (SSSR count). The van der Waals surface area contributed by atoms with Crippen LogP contribution in [0.4, 0.5) is 5.69 Å². The number of phenolic OH excluding ortho intramolecular Hbond substituents is 1. The largest absolute Gasteiger partial charge is 0.508 e. The Morgan fingerprint density at radius 1 is 1.22 bits per heavy atom. The Bertz CT molecular complexity index is 767. The van der Waals surface area contributed by atoms with Crippen molar-refractivity contribution in [3.8, 4) is 5.75 Å². The number of carboxylic acid groups (broad SMARTS) is 1. The highest BCUT2D eigenvalue weighted by Gasteiger charge is 2.29. The van der Waals surface area contributed by atoms with E-state index >= 15 is 0 Å². The first kappa shape index (κ1) is 15.1. The molecule has 0 aromatic heterocycles. The first-order chi connectivity index (χ1) is 11.0. The molecule has 23 heavy (non-hydrogen) atoms. The maximum atomic E-state index is 12.4. The molecule has 5 nitrogen and oxygen atoms in total. The van der Waals surface area contributed by atoms with Gasteiger partial charge in [0, 0.05) is 11.3 Å². The molecule has 2 aromatic rings. The van der Waals surface area contributed by atoms with E-state index in [1.54, 1.807) is 41.3 Å². The Hall–Kier alpha value is -2.82. The molecule has 0 aliphatic carbocycles. The number of rotatable bonds is 4. The number of carbonyl (C=O) groups excluding carboxylic acids is 1. The van der Waals surface area contributed by atoms with Crippen molar-refractivity contribution in [3.63, 3.8) is 0 Å². The van der Waals surface area contributed by atoms with Crippen LogP contribution in [0, 0.1) is 0 Å². The van der Waals surface area contributed by atoms with Gasteiger partial charge in [-0.2, -0.15) is 0 Å². The van der Waals surface area contributed by atoms with Crippen LogP contribution >= 0.6 is 0 Å². The molecule has 2 N–H and O–H groups in total. The fourth-order valence-electron chi connectivity index (χ4n) is 2.96. The van der Waals surface area contributed by atoms with Gasteiger partial charge in [0.05, 0.1) is 12.5 Å². The quantitative estimate of drug-likeness (QED) is 0.909. The van der Waals surface area contributed by atoms with Gasteiger partial charge in [-0.15, -0.1) is 0 Å². The van der Waals surface area contributed by atoms with Crippen molar-refractivity contribution in [2.24, 2.45) is 0 Å². The molecule has 1 heterocycles. The second-order valence-corrected chi connectivity index (χ2v) is 5.62. The summed E-state index contributed by atoms with van der Waals surface area (Å²) < 4.78 is 0. The first-order valence-corrected chi connectivity index (χ1v) is 7.47. The van der Waals surface area contributed by atoms with Crippen LogP contribution in [0.25, 0.3) is 0 Å². The van der Waals surface area contributed by atoms with Gasteiger partial charge in [-0.25, -0.2) is 0 Å². The summed E-state index contributed by atoms with van der Waals surface area (Å²) >= 11 is 0. The van der Waals surface area contributed by atoms with Crippen LogP contribution in [-0.4, -0.2) is 22.1 Å². The van der Waals surface area contributed by atoms with Gasteiger partial charge in [-0.05, 0) is 47.9 Å². The lowest BCUT2D eigenvalue weighted by atomic mass is 9.96. The predicted molar refractivity (Wildman–Crippen MR) is 85.7 cm³/mol. The molecule has 1 aliphatic heterocycles. The fourth-order valence-corrected chi connectivity index (χ4v) is 2.96. The third-order valence-corrected chi connectivity index (χ3v) is 4.21. The molecule has 0 saturated heterocycles. The fraction of sp³-hybridized carbons (Fsp3) is 0.222. The van der Waals surface area contributed by atoms with Crippen molar-refractivity contribution >= 4 is 17.6 Å². The number of hydrogen-bond donors (Lipinski definition) is 2. The number of benzene rings is 2. The number of phenols is 1. The maximum Gasteiger partial charge on any atom is 0.310 e. The number of hydrogen-bond acceptors (Lipinski definition) is 3. The molecule has 0 saturated carbocycles. The molecular formula is C18H17NO4. The van der Waals surface area contributed by atoms with E-state index in [0.717, 1.165) is 16.8 Å². The maximum absolute atomic E-state index is 12.4. The van der Waals surface area contributed by atoms with Crippen LogP contribution in [0.15, 0.2) is 42.5 Å². The zero-order valence-electron chi connectivity index (χ0n) is 12.7. The normalized spacial score (nSPS) is 14.7. The summed E-state index contributed by atoms with van der Waals surface area (Å²) in [6, 6.07) is 11.8. The smallest absolute Gasteiger partial charge is 0.310 e. The van der Waals surface area contributed by atoms with Crippen molar-refractivity contribution in [1.29, 1.82) is 0 Å². The highest BCUT2D eigenvalue weighted by atomic mass is 16.4. The van der Waals surface area contributed by atoms with E-state index < -0.39 is 11.9 Å². The van der Waals surface area contributed by atoms with Gasteiger partial charge < -0.3 is 15.1 Å². The summed E-state index contributed by atoms with van der Waals surface area (Å²) in [4.78, 5) is 25.3. The zero-order valence-corrected chi connectivity index (χ0v) is 12.7. The summed E-state index contributed by atoms with van der Waals surface area (Å²) in [6.45, 7) is 2.23. The molecule has 5 heteroatoms. The number of carbonyl (C=O) groups is 2. The molecule has 2 aromatic carbocycles. The van der Waals surface area contributed by atoms with E-state index in [-0.39, 0.29) is 11.7 Å². The predicted octanol–water partition coefficient (Wildman–Crippen LogP) is 3.13. The van der Waals surface area contributed by atoms with Gasteiger partial charge in [0.1, 0.15) is 5.75 Å².